The second-order valence-electron chi connectivity index (χ2n) is 8.26. The van der Waals surface area contributed by atoms with Crippen molar-refractivity contribution in [2.45, 2.75) is 25.2 Å². The highest BCUT2D eigenvalue weighted by Gasteiger charge is 2.28. The molecule has 2 aromatic carbocycles. The van der Waals surface area contributed by atoms with E-state index in [9.17, 15) is 4.79 Å². The number of amides is 1. The Morgan fingerprint density at radius 3 is 2.50 bits per heavy atom. The smallest absolute Gasteiger partial charge is 0.236 e. The van der Waals surface area contributed by atoms with Crippen LogP contribution >= 0.6 is 0 Å². The number of benzene rings is 2. The molecule has 0 N–H and O–H groups in total. The van der Waals surface area contributed by atoms with E-state index in [0.717, 1.165) is 62.4 Å². The lowest BCUT2D eigenvalue weighted by Gasteiger charge is -2.33. The van der Waals surface area contributed by atoms with E-state index in [2.05, 4.69) is 40.2 Å². The van der Waals surface area contributed by atoms with Crippen LogP contribution < -0.4 is 0 Å². The first-order valence-electron chi connectivity index (χ1n) is 10.9. The molecule has 2 aliphatic heterocycles. The van der Waals surface area contributed by atoms with Crippen LogP contribution in [0.25, 0.3) is 16.7 Å². The summed E-state index contributed by atoms with van der Waals surface area (Å²) in [7, 11) is 0. The molecule has 5 rings (SSSR count). The Morgan fingerprint density at radius 1 is 1.00 bits per heavy atom. The molecule has 154 valence electrons. The number of nitrogens with zero attached hydrogens (tertiary/aromatic N) is 3. The van der Waals surface area contributed by atoms with Gasteiger partial charge in [0.2, 0.25) is 5.91 Å². The highest BCUT2D eigenvalue weighted by atomic mass is 16.3. The van der Waals surface area contributed by atoms with Gasteiger partial charge in [-0.3, -0.25) is 9.69 Å². The fourth-order valence-electron chi connectivity index (χ4n) is 4.50. The number of fused-ring (bicyclic) bond motifs is 1. The van der Waals surface area contributed by atoms with Crippen LogP contribution in [0.15, 0.2) is 65.1 Å². The van der Waals surface area contributed by atoms with Crippen molar-refractivity contribution in [3.63, 3.8) is 0 Å². The maximum absolute atomic E-state index is 12.8. The van der Waals surface area contributed by atoms with Gasteiger partial charge >= 0.3 is 0 Å². The quantitative estimate of drug-likeness (QED) is 0.653. The van der Waals surface area contributed by atoms with Gasteiger partial charge in [-0.2, -0.15) is 0 Å². The van der Waals surface area contributed by atoms with E-state index in [1.165, 1.54) is 11.1 Å². The van der Waals surface area contributed by atoms with Gasteiger partial charge in [-0.05, 0) is 42.5 Å². The second-order valence-corrected chi connectivity index (χ2v) is 8.26. The summed E-state index contributed by atoms with van der Waals surface area (Å²) in [5, 5.41) is 0. The molecule has 1 saturated heterocycles. The third-order valence-electron chi connectivity index (χ3n) is 6.30. The number of likely N-dealkylation sites (tertiary alicyclic amines) is 1. The molecule has 2 aliphatic rings. The molecule has 3 aromatic rings. The van der Waals surface area contributed by atoms with Crippen LogP contribution in [0, 0.1) is 0 Å². The lowest BCUT2D eigenvalue weighted by atomic mass is 9.96. The molecule has 0 aliphatic carbocycles. The monoisotopic (exact) mass is 401 g/mol. The van der Waals surface area contributed by atoms with Gasteiger partial charge in [0.15, 0.2) is 11.5 Å². The van der Waals surface area contributed by atoms with E-state index in [1.54, 1.807) is 0 Å². The van der Waals surface area contributed by atoms with Crippen LogP contribution in [0.1, 0.15) is 36.6 Å². The molecule has 0 spiro atoms. The first kappa shape index (κ1) is 19.1. The summed E-state index contributed by atoms with van der Waals surface area (Å²) in [6.07, 6.45) is 5.09. The van der Waals surface area contributed by atoms with Crippen molar-refractivity contribution in [3.05, 3.63) is 72.1 Å². The number of aromatic nitrogens is 1. The maximum atomic E-state index is 12.8. The van der Waals surface area contributed by atoms with Gasteiger partial charge in [0.1, 0.15) is 5.52 Å². The van der Waals surface area contributed by atoms with Gasteiger partial charge in [-0.25, -0.2) is 4.98 Å². The van der Waals surface area contributed by atoms with Crippen molar-refractivity contribution in [2.75, 3.05) is 32.7 Å². The fraction of sp³-hybridized carbons (Fsp3) is 0.360. The predicted octanol–water partition coefficient (Wildman–Crippen LogP) is 4.32. The largest absolute Gasteiger partial charge is 0.440 e. The maximum Gasteiger partial charge on any atom is 0.236 e. The molecule has 3 heterocycles. The first-order valence-corrected chi connectivity index (χ1v) is 10.9. The molecule has 30 heavy (non-hydrogen) atoms. The first-order chi connectivity index (χ1) is 14.8. The number of carbonyl (C=O) groups excluding carboxylic acids is 1. The molecule has 0 unspecified atom stereocenters. The van der Waals surface area contributed by atoms with Crippen LogP contribution in [0.5, 0.6) is 0 Å². The Balaban J connectivity index is 1.13. The normalized spacial score (nSPS) is 18.5. The summed E-state index contributed by atoms with van der Waals surface area (Å²) in [5.74, 6) is 1.35. The summed E-state index contributed by atoms with van der Waals surface area (Å²) in [6, 6.07) is 18.4. The average molecular weight is 402 g/mol. The molecular formula is C25H27N3O2. The molecule has 1 fully saturated rings. The van der Waals surface area contributed by atoms with Gasteiger partial charge < -0.3 is 9.32 Å². The lowest BCUT2D eigenvalue weighted by molar-refractivity contribution is -0.133. The standard InChI is InChI=1S/C25H27N3O2/c29-24(18-27-14-10-20(11-15-27)19-6-2-1-3-7-19)28-16-12-21(13-17-28)25-26-22-8-4-5-9-23(22)30-25/h1-10,21H,11-18H2. The van der Waals surface area contributed by atoms with Crippen LogP contribution in [-0.2, 0) is 4.79 Å². The molecule has 0 radical (unpaired) electrons. The van der Waals surface area contributed by atoms with Crippen molar-refractivity contribution in [2.24, 2.45) is 0 Å². The van der Waals surface area contributed by atoms with Gasteiger partial charge in [-0.1, -0.05) is 48.5 Å². The molecule has 1 amide bonds. The van der Waals surface area contributed by atoms with E-state index in [4.69, 9.17) is 4.42 Å². The molecule has 0 bridgehead atoms. The van der Waals surface area contributed by atoms with Crippen molar-refractivity contribution in [1.82, 2.24) is 14.8 Å². The van der Waals surface area contributed by atoms with Crippen molar-refractivity contribution < 1.29 is 9.21 Å². The lowest BCUT2D eigenvalue weighted by Crippen LogP contribution is -2.44. The Hall–Kier alpha value is -2.92. The Labute approximate surface area is 177 Å². The summed E-state index contributed by atoms with van der Waals surface area (Å²) in [5.41, 5.74) is 4.45. The van der Waals surface area contributed by atoms with Crippen molar-refractivity contribution in [3.8, 4) is 0 Å². The minimum absolute atomic E-state index is 0.238. The zero-order valence-electron chi connectivity index (χ0n) is 17.2. The molecule has 5 nitrogen and oxygen atoms in total. The number of piperidine rings is 1. The average Bonchev–Trinajstić information content (AvgIpc) is 3.25. The van der Waals surface area contributed by atoms with Crippen molar-refractivity contribution in [1.29, 1.82) is 0 Å². The highest BCUT2D eigenvalue weighted by Crippen LogP contribution is 2.30. The minimum Gasteiger partial charge on any atom is -0.440 e. The Morgan fingerprint density at radius 2 is 1.77 bits per heavy atom. The molecule has 5 heteroatoms. The topological polar surface area (TPSA) is 49.6 Å². The summed E-state index contributed by atoms with van der Waals surface area (Å²) in [6.45, 7) is 3.84. The van der Waals surface area contributed by atoms with E-state index in [1.807, 2.05) is 35.2 Å². The SMILES string of the molecule is O=C(CN1CC=C(c2ccccc2)CC1)N1CCC(c2nc3ccccc3o2)CC1. The van der Waals surface area contributed by atoms with E-state index in [0.29, 0.717) is 12.5 Å². The number of hydrogen-bond donors (Lipinski definition) is 0. The fourth-order valence-corrected chi connectivity index (χ4v) is 4.50. The van der Waals surface area contributed by atoms with Crippen LogP contribution in [-0.4, -0.2) is 53.4 Å². The zero-order chi connectivity index (χ0) is 20.3. The molecule has 1 aromatic heterocycles. The summed E-state index contributed by atoms with van der Waals surface area (Å²) >= 11 is 0. The number of oxazole rings is 1. The second kappa shape index (κ2) is 8.44. The van der Waals surface area contributed by atoms with Gasteiger partial charge in [-0.15, -0.1) is 0 Å². The number of rotatable bonds is 4. The predicted molar refractivity (Wildman–Crippen MR) is 118 cm³/mol. The van der Waals surface area contributed by atoms with Gasteiger partial charge in [0, 0.05) is 32.1 Å². The van der Waals surface area contributed by atoms with E-state index >= 15 is 0 Å². The number of carbonyl (C=O) groups is 1. The van der Waals surface area contributed by atoms with E-state index < -0.39 is 0 Å². The Kier molecular flexibility index (Phi) is 5.37. The van der Waals surface area contributed by atoms with Crippen LogP contribution in [0.2, 0.25) is 0 Å². The van der Waals surface area contributed by atoms with Crippen LogP contribution in [0.4, 0.5) is 0 Å². The Bertz CT molecular complexity index is 1020. The molecule has 0 atom stereocenters. The molecular weight excluding hydrogens is 374 g/mol. The minimum atomic E-state index is 0.238. The number of para-hydroxylation sites is 2. The highest BCUT2D eigenvalue weighted by molar-refractivity contribution is 5.78. The van der Waals surface area contributed by atoms with E-state index in [-0.39, 0.29) is 5.91 Å². The summed E-state index contributed by atoms with van der Waals surface area (Å²) in [4.78, 5) is 21.7. The third-order valence-corrected chi connectivity index (χ3v) is 6.30. The van der Waals surface area contributed by atoms with Gasteiger partial charge in [0.25, 0.3) is 0 Å². The molecule has 0 saturated carbocycles. The van der Waals surface area contributed by atoms with Gasteiger partial charge in [0.05, 0.1) is 6.54 Å². The summed E-state index contributed by atoms with van der Waals surface area (Å²) < 4.78 is 5.94. The van der Waals surface area contributed by atoms with Crippen LogP contribution in [0.3, 0.4) is 0 Å². The third kappa shape index (κ3) is 4.03. The number of hydrogen-bond acceptors (Lipinski definition) is 4. The zero-order valence-corrected chi connectivity index (χ0v) is 17.2. The van der Waals surface area contributed by atoms with Crippen molar-refractivity contribution >= 4 is 22.6 Å².